The van der Waals surface area contributed by atoms with Crippen LogP contribution in [-0.2, 0) is 6.61 Å². The second-order valence-electron chi connectivity index (χ2n) is 5.27. The first-order chi connectivity index (χ1) is 9.51. The summed E-state index contributed by atoms with van der Waals surface area (Å²) >= 11 is 0. The van der Waals surface area contributed by atoms with Gasteiger partial charge >= 0.3 is 0 Å². The highest BCUT2D eigenvalue weighted by atomic mass is 16.5. The summed E-state index contributed by atoms with van der Waals surface area (Å²) in [6, 6.07) is 12.3. The van der Waals surface area contributed by atoms with E-state index in [1.54, 1.807) is 0 Å². The average Bonchev–Trinajstić information content (AvgIpc) is 2.41. The van der Waals surface area contributed by atoms with E-state index in [1.807, 2.05) is 26.0 Å². The van der Waals surface area contributed by atoms with Gasteiger partial charge in [-0.25, -0.2) is 0 Å². The molecule has 2 aromatic rings. The zero-order valence-electron chi connectivity index (χ0n) is 12.4. The van der Waals surface area contributed by atoms with E-state index in [0.717, 1.165) is 16.9 Å². The summed E-state index contributed by atoms with van der Waals surface area (Å²) in [4.78, 5) is 0. The molecular formula is C18H19NO. The third-order valence-electron chi connectivity index (χ3n) is 3.47. The largest absolute Gasteiger partial charge is 0.488 e. The van der Waals surface area contributed by atoms with Crippen molar-refractivity contribution in [3.8, 4) is 11.8 Å². The first-order valence-electron chi connectivity index (χ1n) is 6.71. The van der Waals surface area contributed by atoms with Gasteiger partial charge in [0.05, 0.1) is 11.6 Å². The van der Waals surface area contributed by atoms with Gasteiger partial charge in [0, 0.05) is 0 Å². The summed E-state index contributed by atoms with van der Waals surface area (Å²) in [6.07, 6.45) is 0. The van der Waals surface area contributed by atoms with Crippen LogP contribution in [0.2, 0.25) is 0 Å². The highest BCUT2D eigenvalue weighted by Gasteiger charge is 2.08. The van der Waals surface area contributed by atoms with Crippen molar-refractivity contribution >= 4 is 0 Å². The van der Waals surface area contributed by atoms with Gasteiger partial charge in [-0.15, -0.1) is 0 Å². The molecule has 0 unspecified atom stereocenters. The molecule has 0 aromatic heterocycles. The minimum atomic E-state index is 0.557. The number of rotatable bonds is 3. The molecule has 0 radical (unpaired) electrons. The molecule has 0 fully saturated rings. The van der Waals surface area contributed by atoms with Gasteiger partial charge in [0.1, 0.15) is 12.4 Å². The summed E-state index contributed by atoms with van der Waals surface area (Å²) in [5.74, 6) is 0.880. The molecule has 2 aromatic carbocycles. The Hall–Kier alpha value is -2.27. The van der Waals surface area contributed by atoms with E-state index in [2.05, 4.69) is 38.1 Å². The second-order valence-corrected chi connectivity index (χ2v) is 5.27. The lowest BCUT2D eigenvalue weighted by Gasteiger charge is -2.14. The maximum absolute atomic E-state index is 8.96. The van der Waals surface area contributed by atoms with Crippen molar-refractivity contribution in [1.29, 1.82) is 5.26 Å². The number of hydrogen-bond acceptors (Lipinski definition) is 2. The second kappa shape index (κ2) is 5.79. The quantitative estimate of drug-likeness (QED) is 0.825. The van der Waals surface area contributed by atoms with Crippen molar-refractivity contribution in [2.75, 3.05) is 0 Å². The van der Waals surface area contributed by atoms with Gasteiger partial charge < -0.3 is 4.74 Å². The van der Waals surface area contributed by atoms with Crippen molar-refractivity contribution in [3.63, 3.8) is 0 Å². The first kappa shape index (κ1) is 14.1. The molecule has 0 aliphatic heterocycles. The molecule has 0 spiro atoms. The van der Waals surface area contributed by atoms with E-state index in [9.17, 15) is 0 Å². The Balaban J connectivity index is 2.23. The van der Waals surface area contributed by atoms with Crippen LogP contribution in [0.4, 0.5) is 0 Å². The Labute approximate surface area is 120 Å². The van der Waals surface area contributed by atoms with Gasteiger partial charge in [-0.3, -0.25) is 0 Å². The molecule has 0 heterocycles. The van der Waals surface area contributed by atoms with E-state index in [0.29, 0.717) is 12.2 Å². The number of ether oxygens (including phenoxy) is 1. The molecule has 0 aliphatic carbocycles. The highest BCUT2D eigenvalue weighted by Crippen LogP contribution is 2.26. The number of hydrogen-bond donors (Lipinski definition) is 0. The van der Waals surface area contributed by atoms with Gasteiger partial charge in [0.2, 0.25) is 0 Å². The summed E-state index contributed by atoms with van der Waals surface area (Å²) in [5, 5.41) is 8.96. The number of benzene rings is 2. The predicted molar refractivity (Wildman–Crippen MR) is 80.9 cm³/mol. The number of nitrogens with zero attached hydrogens (tertiary/aromatic N) is 1. The lowest BCUT2D eigenvalue weighted by molar-refractivity contribution is 0.301. The van der Waals surface area contributed by atoms with Crippen molar-refractivity contribution in [2.45, 2.75) is 34.3 Å². The lowest BCUT2D eigenvalue weighted by Crippen LogP contribution is -2.01. The fraction of sp³-hybridized carbons (Fsp3) is 0.278. The lowest BCUT2D eigenvalue weighted by atomic mass is 10.1. The van der Waals surface area contributed by atoms with Crippen molar-refractivity contribution in [2.24, 2.45) is 0 Å². The molecular weight excluding hydrogens is 246 g/mol. The molecule has 0 N–H and O–H groups in total. The molecule has 0 atom stereocenters. The van der Waals surface area contributed by atoms with Crippen LogP contribution in [0.1, 0.15) is 33.4 Å². The Morgan fingerprint density at radius 3 is 2.20 bits per heavy atom. The maximum atomic E-state index is 8.96. The smallest absolute Gasteiger partial charge is 0.125 e. The fourth-order valence-electron chi connectivity index (χ4n) is 2.35. The van der Waals surface area contributed by atoms with E-state index in [-0.39, 0.29) is 0 Å². The van der Waals surface area contributed by atoms with Crippen LogP contribution in [0.5, 0.6) is 5.75 Å². The fourth-order valence-corrected chi connectivity index (χ4v) is 2.35. The topological polar surface area (TPSA) is 33.0 Å². The maximum Gasteiger partial charge on any atom is 0.125 e. The zero-order valence-corrected chi connectivity index (χ0v) is 12.4. The molecule has 0 saturated carbocycles. The summed E-state index contributed by atoms with van der Waals surface area (Å²) in [6.45, 7) is 8.69. The van der Waals surface area contributed by atoms with E-state index >= 15 is 0 Å². The van der Waals surface area contributed by atoms with Gasteiger partial charge in [-0.05, 0) is 62.1 Å². The third-order valence-corrected chi connectivity index (χ3v) is 3.47. The predicted octanol–water partition coefficient (Wildman–Crippen LogP) is 4.37. The Bertz CT molecular complexity index is 657. The Kier molecular flexibility index (Phi) is 4.10. The van der Waals surface area contributed by atoms with Crippen molar-refractivity contribution in [1.82, 2.24) is 0 Å². The van der Waals surface area contributed by atoms with Crippen LogP contribution in [-0.4, -0.2) is 0 Å². The molecule has 2 nitrogen and oxygen atoms in total. The molecule has 2 rings (SSSR count). The average molecular weight is 265 g/mol. The van der Waals surface area contributed by atoms with Gasteiger partial charge in [-0.1, -0.05) is 23.8 Å². The SMILES string of the molecule is Cc1ccc(C)c(COc2c(C)cc(C#N)cc2C)c1. The van der Waals surface area contributed by atoms with Gasteiger partial charge in [0.25, 0.3) is 0 Å². The molecule has 0 aliphatic rings. The highest BCUT2D eigenvalue weighted by molar-refractivity contribution is 5.47. The van der Waals surface area contributed by atoms with E-state index < -0.39 is 0 Å². The summed E-state index contributed by atoms with van der Waals surface area (Å²) in [5.41, 5.74) is 6.37. The summed E-state index contributed by atoms with van der Waals surface area (Å²) < 4.78 is 5.98. The number of aryl methyl sites for hydroxylation is 4. The number of nitriles is 1. The summed E-state index contributed by atoms with van der Waals surface area (Å²) in [7, 11) is 0. The Morgan fingerprint density at radius 2 is 1.60 bits per heavy atom. The molecule has 20 heavy (non-hydrogen) atoms. The molecule has 0 amide bonds. The standard InChI is InChI=1S/C18H19NO/c1-12-5-6-13(2)17(7-12)11-20-18-14(3)8-16(10-19)9-15(18)4/h5-9H,11H2,1-4H3. The van der Waals surface area contributed by atoms with Crippen molar-refractivity contribution in [3.05, 3.63) is 63.7 Å². The Morgan fingerprint density at radius 1 is 0.950 bits per heavy atom. The minimum absolute atomic E-state index is 0.557. The van der Waals surface area contributed by atoms with Crippen molar-refractivity contribution < 1.29 is 4.74 Å². The van der Waals surface area contributed by atoms with Gasteiger partial charge in [-0.2, -0.15) is 5.26 Å². The minimum Gasteiger partial charge on any atom is -0.488 e. The monoisotopic (exact) mass is 265 g/mol. The normalized spacial score (nSPS) is 10.2. The van der Waals surface area contributed by atoms with Crippen LogP contribution < -0.4 is 4.74 Å². The van der Waals surface area contributed by atoms with Crippen LogP contribution in [0.25, 0.3) is 0 Å². The van der Waals surface area contributed by atoms with E-state index in [1.165, 1.54) is 16.7 Å². The van der Waals surface area contributed by atoms with Crippen LogP contribution >= 0.6 is 0 Å². The van der Waals surface area contributed by atoms with Crippen LogP contribution in [0, 0.1) is 39.0 Å². The third kappa shape index (κ3) is 3.00. The van der Waals surface area contributed by atoms with Crippen LogP contribution in [0.3, 0.4) is 0 Å². The van der Waals surface area contributed by atoms with Gasteiger partial charge in [0.15, 0.2) is 0 Å². The molecule has 0 saturated heterocycles. The zero-order chi connectivity index (χ0) is 14.7. The molecule has 2 heteroatoms. The molecule has 102 valence electrons. The van der Waals surface area contributed by atoms with E-state index in [4.69, 9.17) is 10.00 Å². The molecule has 0 bridgehead atoms. The first-order valence-corrected chi connectivity index (χ1v) is 6.71. The van der Waals surface area contributed by atoms with Crippen LogP contribution in [0.15, 0.2) is 30.3 Å².